The van der Waals surface area contributed by atoms with Gasteiger partial charge in [-0.1, -0.05) is 160 Å². The van der Waals surface area contributed by atoms with Gasteiger partial charge in [0.05, 0.1) is 62.1 Å². The lowest BCUT2D eigenvalue weighted by atomic mass is 10.1. The van der Waals surface area contributed by atoms with Gasteiger partial charge in [-0.2, -0.15) is 4.99 Å². The van der Waals surface area contributed by atoms with Crippen LogP contribution in [0.1, 0.15) is 98.1 Å². The quantitative estimate of drug-likeness (QED) is 0.0331. The third kappa shape index (κ3) is 29.1. The van der Waals surface area contributed by atoms with E-state index in [9.17, 15) is 19.2 Å². The van der Waals surface area contributed by atoms with Gasteiger partial charge in [0.15, 0.2) is 35.5 Å². The highest BCUT2D eigenvalue weighted by atomic mass is 32.1. The summed E-state index contributed by atoms with van der Waals surface area (Å²) in [6.45, 7) is 29.9. The number of carboxylic acids is 3. The number of aliphatic imine (C=N–C) groups is 1. The number of carboxylic acid groups (broad SMARTS) is 3. The molecule has 13 aromatic rings. The van der Waals surface area contributed by atoms with Crippen LogP contribution in [0.25, 0.3) is 55.0 Å². The standard InChI is InChI=1S/C11H12N2O3.C11H12N2O.2C11H9NO2S.C11H17NO.C11H14O4.C10H11N3S.C10H10N2O/c1-3-15-9-6-7(2)4-5-8(9)10-12-11(14)16-13-10;1-8-3-4-9(11(5-8)14-2)10-6-12-7-13-10;1-7-2-4-8(5-3-7)10-12-9(6-15-10)11(13)14;1-7-2-4-8(5-3-7)9-6-15-10(12-9)11(13)14;1-4-12-10-7-6-9(3)8-11(10)13-5-2;1-3-14-10-6-8(2)4-5-9(10)15-7-11(12)13;1-7-3-5-8(6-4-7)9-12-13-10(11-2)14-9;1-7-3-5-9(6-4-7)10-11-8(2)13-12-10/h4-6H,3H2,1-2H3,(H,12,13,14);3-7H,1-2H3,(H,12,13);2*2-6H,1H3,(H,13,14);6-8,12H,4-5H2,1-3H3;4-6H,3,7H2,1-2H3,(H,12,13);3-6H,1-2H3,(H,11,13);3-6H,2H2,1H3,(H,11,12). The van der Waals surface area contributed by atoms with E-state index in [-0.39, 0.29) is 17.3 Å². The number of aromatic amines is 2. The number of aromatic nitrogens is 8. The number of benzene rings is 8. The van der Waals surface area contributed by atoms with Crippen LogP contribution in [0.15, 0.2) is 220 Å². The largest absolute Gasteiger partial charge is 0.496 e. The number of anilines is 2. The van der Waals surface area contributed by atoms with Gasteiger partial charge in [0.1, 0.15) is 27.3 Å². The van der Waals surface area contributed by atoms with Gasteiger partial charge in [-0.05, 0) is 160 Å². The molecule has 0 amide bonds. The fraction of sp³-hybridized carbons (Fsp3) is 0.221. The summed E-state index contributed by atoms with van der Waals surface area (Å²) in [5.41, 5.74) is 20.7. The number of rotatable bonds is 21. The topological polar surface area (TPSA) is 355 Å². The molecule has 0 atom stereocenters. The molecule has 14 rings (SSSR count). The first-order valence-corrected chi connectivity index (χ1v) is 38.7. The van der Waals surface area contributed by atoms with E-state index >= 15 is 0 Å². The van der Waals surface area contributed by atoms with Crippen LogP contribution >= 0.6 is 34.0 Å². The first-order chi connectivity index (χ1) is 55.3. The van der Waals surface area contributed by atoms with Crippen LogP contribution in [-0.4, -0.2) is 126 Å². The van der Waals surface area contributed by atoms with Gasteiger partial charge in [-0.15, -0.1) is 32.9 Å². The number of aryl methyl sites for hydroxylation is 8. The summed E-state index contributed by atoms with van der Waals surface area (Å²) < 4.78 is 31.2. The molecule has 6 heterocycles. The monoisotopic (exact) mass is 1610 g/mol. The zero-order valence-corrected chi connectivity index (χ0v) is 68.9. The first kappa shape index (κ1) is 89.0. The van der Waals surface area contributed by atoms with Crippen LogP contribution in [0.4, 0.5) is 10.8 Å². The van der Waals surface area contributed by atoms with E-state index in [1.807, 2.05) is 185 Å². The smallest absolute Gasteiger partial charge is 0.439 e. The van der Waals surface area contributed by atoms with Gasteiger partial charge in [0, 0.05) is 52.2 Å². The van der Waals surface area contributed by atoms with Crippen molar-refractivity contribution in [3.8, 4) is 83.8 Å². The second kappa shape index (κ2) is 45.9. The van der Waals surface area contributed by atoms with Crippen molar-refractivity contribution in [2.45, 2.75) is 83.1 Å². The molecule has 0 aliphatic carbocycles. The molecule has 0 saturated heterocycles. The molecule has 115 heavy (non-hydrogen) atoms. The van der Waals surface area contributed by atoms with Crippen molar-refractivity contribution in [3.05, 3.63) is 277 Å². The van der Waals surface area contributed by atoms with E-state index in [1.54, 1.807) is 47.8 Å². The minimum Gasteiger partial charge on any atom is -0.496 e. The molecule has 0 saturated carbocycles. The fourth-order valence-electron chi connectivity index (χ4n) is 9.93. The number of thiazole rings is 2. The molecule has 8 N–H and O–H groups in total. The molecule has 600 valence electrons. The molecular weight excluding hydrogens is 1520 g/mol. The van der Waals surface area contributed by atoms with E-state index in [0.29, 0.717) is 54.6 Å². The summed E-state index contributed by atoms with van der Waals surface area (Å²) in [7, 11) is 3.52. The zero-order chi connectivity index (χ0) is 83.3. The van der Waals surface area contributed by atoms with Crippen LogP contribution in [0.2, 0.25) is 0 Å². The number of imidazole rings is 1. The third-order valence-corrected chi connectivity index (χ3v) is 18.4. The fourth-order valence-corrected chi connectivity index (χ4v) is 12.1. The van der Waals surface area contributed by atoms with Crippen molar-refractivity contribution < 1.29 is 62.7 Å². The second-order valence-electron chi connectivity index (χ2n) is 24.9. The molecule has 0 unspecified atom stereocenters. The Balaban J connectivity index is 0.000000182. The Morgan fingerprint density at radius 2 is 1.07 bits per heavy atom. The SMILES string of the molecule is C=C1N=C(c2ccc(C)cc2)NO1.CCNc1ccc(C)cc1OCC.CCOc1cc(C)ccc1-c1noc(=O)[nH]1.CCOc1cc(C)ccc1OCC(=O)O.CNc1nnc(-c2ccc(C)cc2)s1.COc1cc(C)ccc1-c1cnc[nH]1.Cc1ccc(-c2csc(C(=O)O)n2)cc1.Cc1ccc(-c2nc(C(=O)O)cs2)cc1. The average Bonchev–Trinajstić information content (AvgIpc) is 1.65. The Morgan fingerprint density at radius 1 is 0.548 bits per heavy atom. The maximum atomic E-state index is 10.9. The number of hydrogen-bond acceptors (Lipinski definition) is 24. The number of amidine groups is 1. The van der Waals surface area contributed by atoms with E-state index in [0.717, 1.165) is 106 Å². The zero-order valence-electron chi connectivity index (χ0n) is 66.4. The van der Waals surface area contributed by atoms with Crippen molar-refractivity contribution in [1.82, 2.24) is 45.8 Å². The Bertz CT molecular complexity index is 5220. The van der Waals surface area contributed by atoms with Gasteiger partial charge in [0.2, 0.25) is 16.0 Å². The molecular formula is C86H94N12O14S3. The maximum Gasteiger partial charge on any atom is 0.439 e. The van der Waals surface area contributed by atoms with Crippen molar-refractivity contribution in [2.24, 2.45) is 4.99 Å². The Hall–Kier alpha value is -13.3. The van der Waals surface area contributed by atoms with Gasteiger partial charge in [-0.25, -0.2) is 39.6 Å². The molecule has 26 nitrogen and oxygen atoms in total. The summed E-state index contributed by atoms with van der Waals surface area (Å²) >= 11 is 4.05. The molecule has 5 aromatic heterocycles. The molecule has 1 aliphatic heterocycles. The number of nitrogens with one attached hydrogen (secondary N) is 5. The second-order valence-corrected chi connectivity index (χ2v) is 27.6. The van der Waals surface area contributed by atoms with Crippen LogP contribution in [0.5, 0.6) is 28.7 Å². The molecule has 1 aliphatic rings. The number of aliphatic carboxylic acids is 1. The summed E-state index contributed by atoms with van der Waals surface area (Å²) in [5.74, 6) is 1.52. The average molecular weight is 1620 g/mol. The van der Waals surface area contributed by atoms with Gasteiger partial charge < -0.3 is 59.5 Å². The predicted molar refractivity (Wildman–Crippen MR) is 455 cm³/mol. The van der Waals surface area contributed by atoms with Crippen LogP contribution in [0, 0.1) is 55.4 Å². The van der Waals surface area contributed by atoms with E-state index in [4.69, 9.17) is 43.8 Å². The lowest BCUT2D eigenvalue weighted by Crippen LogP contribution is -2.17. The third-order valence-electron chi connectivity index (χ3n) is 15.7. The minimum absolute atomic E-state index is 0.107. The Labute approximate surface area is 679 Å². The highest BCUT2D eigenvalue weighted by molar-refractivity contribution is 7.18. The van der Waals surface area contributed by atoms with E-state index in [2.05, 4.69) is 142 Å². The normalized spacial score (nSPS) is 10.6. The first-order valence-electron chi connectivity index (χ1n) is 36.2. The Morgan fingerprint density at radius 3 is 1.56 bits per heavy atom. The minimum atomic E-state index is -1.00. The number of hydroxylamine groups is 1. The van der Waals surface area contributed by atoms with Gasteiger partial charge in [-0.3, -0.25) is 9.51 Å². The van der Waals surface area contributed by atoms with Gasteiger partial charge >= 0.3 is 23.7 Å². The summed E-state index contributed by atoms with van der Waals surface area (Å²) in [6.07, 6.45) is 3.45. The Kier molecular flexibility index (Phi) is 35.5. The number of aromatic carboxylic acids is 2. The number of hydrogen-bond donors (Lipinski definition) is 8. The number of ether oxygens (including phenoxy) is 5. The summed E-state index contributed by atoms with van der Waals surface area (Å²) in [4.78, 5) is 69.1. The van der Waals surface area contributed by atoms with Crippen molar-refractivity contribution in [2.75, 3.05) is 57.8 Å². The highest BCUT2D eigenvalue weighted by Crippen LogP contribution is 2.33. The lowest BCUT2D eigenvalue weighted by molar-refractivity contribution is -0.139. The molecule has 29 heteroatoms. The maximum absolute atomic E-state index is 10.9. The summed E-state index contributed by atoms with van der Waals surface area (Å²) in [6, 6.07) is 55.4. The summed E-state index contributed by atoms with van der Waals surface area (Å²) in [5, 5.41) is 49.9. The van der Waals surface area contributed by atoms with Crippen LogP contribution in [0.3, 0.4) is 0 Å². The molecule has 0 bridgehead atoms. The lowest BCUT2D eigenvalue weighted by Gasteiger charge is -2.11. The van der Waals surface area contributed by atoms with Crippen molar-refractivity contribution >= 4 is 68.6 Å². The number of methoxy groups -OCH3 is 1. The van der Waals surface area contributed by atoms with Crippen LogP contribution < -0.4 is 45.6 Å². The number of nitrogens with zero attached hydrogens (tertiary/aromatic N) is 7. The molecule has 8 aromatic carbocycles. The highest BCUT2D eigenvalue weighted by Gasteiger charge is 2.16. The van der Waals surface area contributed by atoms with Crippen molar-refractivity contribution in [1.29, 1.82) is 0 Å². The number of carbonyl (C=O) groups is 3. The van der Waals surface area contributed by atoms with Gasteiger partial charge in [0.25, 0.3) is 0 Å². The predicted octanol–water partition coefficient (Wildman–Crippen LogP) is 18.7. The number of H-pyrrole nitrogens is 2. The van der Waals surface area contributed by atoms with E-state index < -0.39 is 23.7 Å². The van der Waals surface area contributed by atoms with E-state index in [1.165, 1.54) is 44.7 Å². The molecule has 0 spiro atoms. The molecule has 0 radical (unpaired) electrons. The van der Waals surface area contributed by atoms with Crippen molar-refractivity contribution in [3.63, 3.8) is 0 Å². The molecule has 0 fully saturated rings. The van der Waals surface area contributed by atoms with Crippen LogP contribution in [-0.2, 0) is 9.63 Å².